The fourth-order valence-electron chi connectivity index (χ4n) is 1.75. The summed E-state index contributed by atoms with van der Waals surface area (Å²) in [5, 5.41) is 16.5. The molecule has 2 aromatic rings. The van der Waals surface area contributed by atoms with Crippen molar-refractivity contribution in [3.05, 3.63) is 44.8 Å². The Morgan fingerprint density at radius 3 is 2.28 bits per heavy atom. The average Bonchev–Trinajstić information content (AvgIpc) is 3.01. The van der Waals surface area contributed by atoms with Crippen molar-refractivity contribution < 1.29 is 19.4 Å². The molecule has 1 N–H and O–H groups in total. The Morgan fingerprint density at radius 1 is 1.22 bits per heavy atom. The Morgan fingerprint density at radius 2 is 1.83 bits per heavy atom. The molecule has 94 valence electrons. The van der Waals surface area contributed by atoms with Crippen molar-refractivity contribution in [1.29, 1.82) is 0 Å². The van der Waals surface area contributed by atoms with E-state index in [1.54, 1.807) is 28.3 Å². The molecule has 6 heteroatoms. The maximum absolute atomic E-state index is 11.4. The zero-order valence-corrected chi connectivity index (χ0v) is 10.8. The lowest BCUT2D eigenvalue weighted by atomic mass is 9.92. The monoisotopic (exact) mass is 282 g/mol. The minimum atomic E-state index is -1.01. The molecule has 2 heterocycles. The molecule has 0 saturated carbocycles. The lowest BCUT2D eigenvalue weighted by Crippen LogP contribution is -2.21. The van der Waals surface area contributed by atoms with Crippen LogP contribution in [0.1, 0.15) is 23.1 Å². The van der Waals surface area contributed by atoms with E-state index in [2.05, 4.69) is 0 Å². The van der Waals surface area contributed by atoms with Crippen molar-refractivity contribution >= 4 is 35.1 Å². The Kier molecular flexibility index (Phi) is 4.11. The Balaban J connectivity index is 2.38. The third-order valence-corrected chi connectivity index (χ3v) is 3.95. The molecule has 0 spiro atoms. The summed E-state index contributed by atoms with van der Waals surface area (Å²) in [5.41, 5.74) is 1.34. The van der Waals surface area contributed by atoms with E-state index in [4.69, 9.17) is 4.74 Å². The van der Waals surface area contributed by atoms with Gasteiger partial charge in [0.1, 0.15) is 12.0 Å². The molecule has 0 aliphatic rings. The van der Waals surface area contributed by atoms with Crippen LogP contribution < -0.4 is 0 Å². The summed E-state index contributed by atoms with van der Waals surface area (Å²) >= 11 is 2.85. The third kappa shape index (κ3) is 2.60. The largest absolute Gasteiger partial charge is 0.481 e. The number of rotatable bonds is 6. The van der Waals surface area contributed by atoms with Crippen LogP contribution in [0.2, 0.25) is 0 Å². The predicted octanol–water partition coefficient (Wildman–Crippen LogP) is 2.89. The van der Waals surface area contributed by atoms with Crippen LogP contribution in [0, 0.1) is 0 Å². The number of thiophene rings is 2. The van der Waals surface area contributed by atoms with Crippen molar-refractivity contribution in [2.75, 3.05) is 0 Å². The van der Waals surface area contributed by atoms with Gasteiger partial charge in [-0.3, -0.25) is 9.59 Å². The summed E-state index contributed by atoms with van der Waals surface area (Å²) in [6, 6.07) is 3.50. The molecule has 0 aliphatic carbocycles. The zero-order chi connectivity index (χ0) is 13.0. The fraction of sp³-hybridized carbons (Fsp3) is 0.167. The number of ether oxygens (including phenoxy) is 1. The highest BCUT2D eigenvalue weighted by Crippen LogP contribution is 2.35. The maximum Gasteiger partial charge on any atom is 0.315 e. The van der Waals surface area contributed by atoms with Gasteiger partial charge in [0, 0.05) is 5.56 Å². The quantitative estimate of drug-likeness (QED) is 0.827. The van der Waals surface area contributed by atoms with Crippen molar-refractivity contribution in [2.24, 2.45) is 0 Å². The number of carbonyl (C=O) groups excluding carboxylic acids is 1. The van der Waals surface area contributed by atoms with Gasteiger partial charge in [0.05, 0.1) is 0 Å². The van der Waals surface area contributed by atoms with Crippen molar-refractivity contribution in [2.45, 2.75) is 12.0 Å². The van der Waals surface area contributed by atoms with Crippen LogP contribution in [0.3, 0.4) is 0 Å². The Bertz CT molecular complexity index is 504. The number of hydrogen-bond donors (Lipinski definition) is 1. The minimum Gasteiger partial charge on any atom is -0.481 e. The van der Waals surface area contributed by atoms with Crippen LogP contribution in [-0.2, 0) is 14.3 Å². The zero-order valence-electron chi connectivity index (χ0n) is 9.18. The second-order valence-electron chi connectivity index (χ2n) is 3.58. The molecule has 4 nitrogen and oxygen atoms in total. The van der Waals surface area contributed by atoms with Gasteiger partial charge in [-0.05, 0) is 39.2 Å². The molecule has 0 amide bonds. The topological polar surface area (TPSA) is 63.6 Å². The van der Waals surface area contributed by atoms with Crippen LogP contribution in [0.5, 0.6) is 0 Å². The van der Waals surface area contributed by atoms with Gasteiger partial charge >= 0.3 is 5.97 Å². The van der Waals surface area contributed by atoms with E-state index in [-0.39, 0.29) is 0 Å². The van der Waals surface area contributed by atoms with E-state index in [1.807, 2.05) is 5.38 Å². The summed E-state index contributed by atoms with van der Waals surface area (Å²) < 4.78 is 4.98. The van der Waals surface area contributed by atoms with Crippen molar-refractivity contribution in [3.8, 4) is 0 Å². The van der Waals surface area contributed by atoms with Gasteiger partial charge in [-0.15, -0.1) is 0 Å². The molecule has 18 heavy (non-hydrogen) atoms. The van der Waals surface area contributed by atoms with E-state index >= 15 is 0 Å². The number of carboxylic acid groups (broad SMARTS) is 1. The molecule has 0 aromatic carbocycles. The predicted molar refractivity (Wildman–Crippen MR) is 68.9 cm³/mol. The second kappa shape index (κ2) is 5.79. The number of hydrogen-bond acceptors (Lipinski definition) is 5. The molecule has 2 atom stereocenters. The Hall–Kier alpha value is -1.66. The van der Waals surface area contributed by atoms with E-state index in [1.165, 1.54) is 22.7 Å². The second-order valence-corrected chi connectivity index (χ2v) is 5.14. The van der Waals surface area contributed by atoms with E-state index in [0.717, 1.165) is 0 Å². The van der Waals surface area contributed by atoms with Gasteiger partial charge in [0.15, 0.2) is 0 Å². The first-order chi connectivity index (χ1) is 8.74. The molecule has 0 radical (unpaired) electrons. The van der Waals surface area contributed by atoms with Gasteiger partial charge in [-0.1, -0.05) is 0 Å². The number of carbonyl (C=O) groups is 2. The molecule has 0 aliphatic heterocycles. The van der Waals surface area contributed by atoms with E-state index in [9.17, 15) is 14.7 Å². The van der Waals surface area contributed by atoms with Gasteiger partial charge in [-0.25, -0.2) is 0 Å². The van der Waals surface area contributed by atoms with Gasteiger partial charge in [0.2, 0.25) is 0 Å². The lowest BCUT2D eigenvalue weighted by molar-refractivity contribution is -0.146. The van der Waals surface area contributed by atoms with Gasteiger partial charge in [-0.2, -0.15) is 22.7 Å². The highest BCUT2D eigenvalue weighted by atomic mass is 32.1. The van der Waals surface area contributed by atoms with E-state index in [0.29, 0.717) is 17.6 Å². The molecule has 2 aromatic heterocycles. The summed E-state index contributed by atoms with van der Waals surface area (Å²) in [5.74, 6) is -1.89. The molecule has 2 rings (SSSR count). The van der Waals surface area contributed by atoms with Crippen molar-refractivity contribution in [1.82, 2.24) is 0 Å². The fourth-order valence-corrected chi connectivity index (χ4v) is 3.13. The molecular weight excluding hydrogens is 272 g/mol. The SMILES string of the molecule is O=COC(c1ccsc1)C(C(=O)O)c1ccsc1. The van der Waals surface area contributed by atoms with Crippen molar-refractivity contribution in [3.63, 3.8) is 0 Å². The number of carboxylic acids is 1. The van der Waals surface area contributed by atoms with Crippen LogP contribution in [0.25, 0.3) is 0 Å². The summed E-state index contributed by atoms with van der Waals surface area (Å²) in [4.78, 5) is 22.0. The molecule has 2 unspecified atom stereocenters. The van der Waals surface area contributed by atoms with Crippen LogP contribution in [-0.4, -0.2) is 17.5 Å². The van der Waals surface area contributed by atoms with Gasteiger partial charge in [0.25, 0.3) is 6.47 Å². The average molecular weight is 282 g/mol. The van der Waals surface area contributed by atoms with Crippen LogP contribution >= 0.6 is 22.7 Å². The van der Waals surface area contributed by atoms with Gasteiger partial charge < -0.3 is 9.84 Å². The summed E-state index contributed by atoms with van der Waals surface area (Å²) in [7, 11) is 0. The molecule has 0 fully saturated rings. The molecular formula is C12H10O4S2. The Labute approximate surface area is 111 Å². The molecule has 0 bridgehead atoms. The first kappa shape index (κ1) is 12.8. The highest BCUT2D eigenvalue weighted by molar-refractivity contribution is 7.08. The normalized spacial score (nSPS) is 13.8. The third-order valence-electron chi connectivity index (χ3n) is 2.54. The standard InChI is InChI=1S/C12H10O4S2/c13-7-16-11(9-2-4-18-6-9)10(12(14)15)8-1-3-17-5-8/h1-7,10-11H,(H,14,15). The van der Waals surface area contributed by atoms with E-state index < -0.39 is 18.0 Å². The number of aliphatic carboxylic acids is 1. The smallest absolute Gasteiger partial charge is 0.315 e. The lowest BCUT2D eigenvalue weighted by Gasteiger charge is -2.21. The summed E-state index contributed by atoms with van der Waals surface area (Å²) in [6.45, 7) is 0.296. The highest BCUT2D eigenvalue weighted by Gasteiger charge is 2.33. The first-order valence-corrected chi connectivity index (χ1v) is 6.98. The van der Waals surface area contributed by atoms with Crippen LogP contribution in [0.15, 0.2) is 33.7 Å². The minimum absolute atomic E-state index is 0.296. The maximum atomic E-state index is 11.4. The molecule has 0 saturated heterocycles. The first-order valence-electron chi connectivity index (χ1n) is 5.10. The summed E-state index contributed by atoms with van der Waals surface area (Å²) in [6.07, 6.45) is -0.791. The van der Waals surface area contributed by atoms with Crippen LogP contribution in [0.4, 0.5) is 0 Å².